The van der Waals surface area contributed by atoms with E-state index in [1.807, 2.05) is 30.3 Å². The monoisotopic (exact) mass is 524 g/mol. The molecule has 8 nitrogen and oxygen atoms in total. The molecular formula is C31H32N4O4. The summed E-state index contributed by atoms with van der Waals surface area (Å²) in [5, 5.41) is 24.6. The Morgan fingerprint density at radius 2 is 1.85 bits per heavy atom. The molecule has 0 radical (unpaired) electrons. The lowest BCUT2D eigenvalue weighted by Crippen LogP contribution is -2.57. The summed E-state index contributed by atoms with van der Waals surface area (Å²) in [4.78, 5) is 45.3. The molecular weight excluding hydrogens is 492 g/mol. The Morgan fingerprint density at radius 3 is 2.62 bits per heavy atom. The van der Waals surface area contributed by atoms with Gasteiger partial charge in [0.2, 0.25) is 11.8 Å². The molecule has 4 unspecified atom stereocenters. The van der Waals surface area contributed by atoms with Gasteiger partial charge in [0.05, 0.1) is 23.5 Å². The minimum Gasteiger partial charge on any atom is -0.480 e. The van der Waals surface area contributed by atoms with Crippen molar-refractivity contribution >= 4 is 28.7 Å². The fraction of sp³-hybridized carbons (Fsp3) is 0.355. The number of benzene rings is 2. The summed E-state index contributed by atoms with van der Waals surface area (Å²) in [6, 6.07) is 15.8. The molecule has 5 rings (SSSR count). The van der Waals surface area contributed by atoms with Crippen molar-refractivity contribution in [1.82, 2.24) is 15.2 Å². The Labute approximate surface area is 227 Å². The number of hydrogen-bond acceptors (Lipinski definition) is 5. The van der Waals surface area contributed by atoms with Crippen molar-refractivity contribution in [2.24, 2.45) is 11.8 Å². The summed E-state index contributed by atoms with van der Waals surface area (Å²) >= 11 is 0. The van der Waals surface area contributed by atoms with Gasteiger partial charge < -0.3 is 10.1 Å². The number of H-pyrrole nitrogens is 1. The molecule has 8 heteroatoms. The van der Waals surface area contributed by atoms with Gasteiger partial charge in [-0.1, -0.05) is 68.3 Å². The van der Waals surface area contributed by atoms with Crippen molar-refractivity contribution in [3.8, 4) is 6.07 Å². The molecule has 200 valence electrons. The number of carboxylic acid groups (broad SMARTS) is 1. The van der Waals surface area contributed by atoms with Crippen LogP contribution in [0.2, 0.25) is 0 Å². The van der Waals surface area contributed by atoms with Crippen LogP contribution in [0.25, 0.3) is 10.9 Å². The topological polar surface area (TPSA) is 126 Å². The predicted molar refractivity (Wildman–Crippen MR) is 146 cm³/mol. The van der Waals surface area contributed by atoms with Gasteiger partial charge in [0.25, 0.3) is 0 Å². The maximum atomic E-state index is 13.9. The van der Waals surface area contributed by atoms with Gasteiger partial charge in [-0.2, -0.15) is 5.26 Å². The molecule has 2 aliphatic rings. The molecule has 4 atom stereocenters. The predicted octanol–water partition coefficient (Wildman–Crippen LogP) is 4.49. The fourth-order valence-electron chi connectivity index (χ4n) is 6.19. The van der Waals surface area contributed by atoms with E-state index < -0.39 is 35.3 Å². The Bertz CT molecular complexity index is 1480. The van der Waals surface area contributed by atoms with Crippen LogP contribution in [0.5, 0.6) is 0 Å². The minimum absolute atomic E-state index is 0.00249. The molecule has 2 saturated heterocycles. The van der Waals surface area contributed by atoms with Crippen LogP contribution in [0.1, 0.15) is 55.3 Å². The van der Waals surface area contributed by atoms with E-state index in [1.54, 1.807) is 30.5 Å². The first-order chi connectivity index (χ1) is 18.9. The van der Waals surface area contributed by atoms with Gasteiger partial charge in [-0.05, 0) is 36.1 Å². The number of aromatic nitrogens is 1. The van der Waals surface area contributed by atoms with Crippen molar-refractivity contribution in [3.05, 3.63) is 83.6 Å². The van der Waals surface area contributed by atoms with Crippen molar-refractivity contribution in [3.63, 3.8) is 0 Å². The van der Waals surface area contributed by atoms with E-state index in [4.69, 9.17) is 0 Å². The molecule has 2 fully saturated rings. The second-order valence-corrected chi connectivity index (χ2v) is 10.4. The lowest BCUT2D eigenvalue weighted by Gasteiger charge is -2.31. The first-order valence-corrected chi connectivity index (χ1v) is 13.5. The van der Waals surface area contributed by atoms with E-state index in [0.29, 0.717) is 17.5 Å². The Kier molecular flexibility index (Phi) is 7.36. The number of rotatable bonds is 10. The summed E-state index contributed by atoms with van der Waals surface area (Å²) in [6.45, 7) is 2.32. The molecule has 2 aliphatic heterocycles. The molecule has 3 heterocycles. The van der Waals surface area contributed by atoms with Crippen LogP contribution in [-0.2, 0) is 20.8 Å². The largest absolute Gasteiger partial charge is 0.480 e. The van der Waals surface area contributed by atoms with Crippen molar-refractivity contribution in [1.29, 1.82) is 5.26 Å². The van der Waals surface area contributed by atoms with E-state index in [2.05, 4.69) is 29.4 Å². The highest BCUT2D eigenvalue weighted by Gasteiger charge is 2.68. The molecule has 3 N–H and O–H groups in total. The number of allylic oxidation sites excluding steroid dienone is 1. The number of nitrogens with one attached hydrogen (secondary N) is 2. The number of nitrogens with zero attached hydrogens (tertiary/aromatic N) is 2. The van der Waals surface area contributed by atoms with Gasteiger partial charge in [-0.15, -0.1) is 0 Å². The minimum atomic E-state index is -1.73. The number of aromatic amines is 1. The smallest absolute Gasteiger partial charge is 0.325 e. The number of carbonyl (C=O) groups excluding carboxylic acids is 2. The summed E-state index contributed by atoms with van der Waals surface area (Å²) in [7, 11) is 0. The van der Waals surface area contributed by atoms with Crippen LogP contribution in [0.4, 0.5) is 0 Å². The molecule has 39 heavy (non-hydrogen) atoms. The summed E-state index contributed by atoms with van der Waals surface area (Å²) in [6.07, 6.45) is 9.41. The van der Waals surface area contributed by atoms with Gasteiger partial charge in [0.15, 0.2) is 0 Å². The number of unbranched alkanes of at least 4 members (excludes halogenated alkanes) is 2. The van der Waals surface area contributed by atoms with Gasteiger partial charge in [-0.3, -0.25) is 24.6 Å². The molecule has 0 spiro atoms. The summed E-state index contributed by atoms with van der Waals surface area (Å²) < 4.78 is 0. The van der Waals surface area contributed by atoms with Crippen LogP contribution in [-0.4, -0.2) is 44.9 Å². The number of imide groups is 1. The van der Waals surface area contributed by atoms with E-state index in [1.165, 1.54) is 4.90 Å². The maximum Gasteiger partial charge on any atom is 0.325 e. The molecule has 1 aromatic heterocycles. The van der Waals surface area contributed by atoms with Crippen LogP contribution < -0.4 is 5.32 Å². The summed E-state index contributed by atoms with van der Waals surface area (Å²) in [5.74, 6) is -4.10. The highest BCUT2D eigenvalue weighted by atomic mass is 16.4. The highest BCUT2D eigenvalue weighted by molar-refractivity contribution is 6.09. The average Bonchev–Trinajstić information content (AvgIpc) is 3.59. The van der Waals surface area contributed by atoms with Crippen LogP contribution in [0.15, 0.2) is 66.9 Å². The maximum absolute atomic E-state index is 13.9. The van der Waals surface area contributed by atoms with Gasteiger partial charge >= 0.3 is 5.97 Å². The first kappa shape index (κ1) is 26.4. The van der Waals surface area contributed by atoms with E-state index in [9.17, 15) is 24.8 Å². The number of nitriles is 1. The average molecular weight is 525 g/mol. The number of amides is 2. The zero-order valence-corrected chi connectivity index (χ0v) is 21.9. The quantitative estimate of drug-likeness (QED) is 0.204. The fourth-order valence-corrected chi connectivity index (χ4v) is 6.19. The molecule has 0 saturated carbocycles. The number of aliphatic carboxylic acids is 1. The normalized spacial score (nSPS) is 24.5. The second-order valence-electron chi connectivity index (χ2n) is 10.4. The van der Waals surface area contributed by atoms with Crippen molar-refractivity contribution in [2.75, 3.05) is 6.54 Å². The number of likely N-dealkylation sites (tertiary alicyclic amines) is 1. The van der Waals surface area contributed by atoms with Gasteiger partial charge in [-0.25, -0.2) is 0 Å². The Hall–Kier alpha value is -4.22. The standard InChI is InChI=1S/C31H32N4O4/c1-2-3-4-5-6-11-16-35-28(36)25-26(29(35)37)31(30(38)39,17-21-19-33-24-15-10-9-13-22(21)24)34-27(25)23-14-8-7-12-20(23)18-32/h5-10,12-15,19,25-27,33-34H,2-4,11,16-17H2,1H3,(H,38,39)/b6-5+. The zero-order chi connectivity index (χ0) is 27.6. The number of para-hydroxylation sites is 1. The third-order valence-corrected chi connectivity index (χ3v) is 8.10. The van der Waals surface area contributed by atoms with Gasteiger partial charge in [0.1, 0.15) is 5.54 Å². The number of carbonyl (C=O) groups is 3. The Morgan fingerprint density at radius 1 is 1.10 bits per heavy atom. The number of carboxylic acids is 1. The summed E-state index contributed by atoms with van der Waals surface area (Å²) in [5.41, 5.74) is 0.741. The van der Waals surface area contributed by atoms with Crippen LogP contribution in [0.3, 0.4) is 0 Å². The lowest BCUT2D eigenvalue weighted by molar-refractivity contribution is -0.151. The van der Waals surface area contributed by atoms with E-state index >= 15 is 0 Å². The molecule has 2 aromatic carbocycles. The van der Waals surface area contributed by atoms with Crippen LogP contribution in [0, 0.1) is 23.2 Å². The third kappa shape index (κ3) is 4.53. The number of fused-ring (bicyclic) bond motifs is 2. The Balaban J connectivity index is 1.56. The zero-order valence-electron chi connectivity index (χ0n) is 21.9. The van der Waals surface area contributed by atoms with E-state index in [-0.39, 0.29) is 18.9 Å². The van der Waals surface area contributed by atoms with Crippen molar-refractivity contribution in [2.45, 2.75) is 50.6 Å². The molecule has 2 amide bonds. The highest BCUT2D eigenvalue weighted by Crippen LogP contribution is 2.50. The van der Waals surface area contributed by atoms with E-state index in [0.717, 1.165) is 35.7 Å². The van der Waals surface area contributed by atoms with Crippen molar-refractivity contribution < 1.29 is 19.5 Å². The first-order valence-electron chi connectivity index (χ1n) is 13.5. The molecule has 3 aromatic rings. The second kappa shape index (κ2) is 10.9. The third-order valence-electron chi connectivity index (χ3n) is 8.10. The molecule has 0 aliphatic carbocycles. The lowest BCUT2D eigenvalue weighted by atomic mass is 9.76. The molecule has 0 bridgehead atoms. The number of hydrogen-bond donors (Lipinski definition) is 3. The van der Waals surface area contributed by atoms with Gasteiger partial charge in [0, 0.05) is 36.1 Å². The van der Waals surface area contributed by atoms with Crippen LogP contribution >= 0.6 is 0 Å². The SMILES string of the molecule is CCCC/C=C/CCN1C(=O)C2C(c3ccccc3C#N)NC(Cc3c[nH]c4ccccc34)(C(=O)O)C2C1=O.